The summed E-state index contributed by atoms with van der Waals surface area (Å²) in [6.45, 7) is 5.68. The number of hydrogen-bond acceptors (Lipinski definition) is 8. The topological polar surface area (TPSA) is 111 Å². The number of carbonyl (C=O) groups is 1. The second-order valence-corrected chi connectivity index (χ2v) is 9.79. The first-order valence-corrected chi connectivity index (χ1v) is 12.4. The number of nitrogens with two attached hydrogens (primary N) is 1. The van der Waals surface area contributed by atoms with Crippen molar-refractivity contribution in [2.75, 3.05) is 46.3 Å². The highest BCUT2D eigenvalue weighted by Crippen LogP contribution is 2.31. The van der Waals surface area contributed by atoms with E-state index < -0.39 is 0 Å². The summed E-state index contributed by atoms with van der Waals surface area (Å²) >= 11 is 0. The molecule has 1 aromatic heterocycles. The lowest BCUT2D eigenvalue weighted by atomic mass is 10.0. The quantitative estimate of drug-likeness (QED) is 0.387. The average molecular weight is 518 g/mol. The SMILES string of the molecule is COc1cc(C(=O)N2CC(OC)C2)ccc1Nc1cc2cc(C(C=NCC(C)(C)OC)=CN)ccc2cn1. The molecule has 3 N–H and O–H groups in total. The predicted molar refractivity (Wildman–Crippen MR) is 151 cm³/mol. The van der Waals surface area contributed by atoms with Gasteiger partial charge in [-0.15, -0.1) is 0 Å². The van der Waals surface area contributed by atoms with E-state index in [1.54, 1.807) is 50.8 Å². The molecule has 1 amide bonds. The Hall–Kier alpha value is -3.95. The molecular formula is C29H35N5O4. The third kappa shape index (κ3) is 6.12. The van der Waals surface area contributed by atoms with Crippen LogP contribution in [0.2, 0.25) is 0 Å². The molecule has 9 heteroatoms. The normalized spacial score (nSPS) is 14.7. The van der Waals surface area contributed by atoms with Gasteiger partial charge in [0.15, 0.2) is 0 Å². The highest BCUT2D eigenvalue weighted by Gasteiger charge is 2.31. The Morgan fingerprint density at radius 2 is 1.89 bits per heavy atom. The van der Waals surface area contributed by atoms with Gasteiger partial charge in [-0.2, -0.15) is 0 Å². The monoisotopic (exact) mass is 517 g/mol. The second kappa shape index (κ2) is 11.6. The maximum absolute atomic E-state index is 12.8. The highest BCUT2D eigenvalue weighted by molar-refractivity contribution is 6.10. The Labute approximate surface area is 223 Å². The summed E-state index contributed by atoms with van der Waals surface area (Å²) in [5, 5.41) is 5.29. The summed E-state index contributed by atoms with van der Waals surface area (Å²) in [5.41, 5.74) is 8.60. The molecule has 1 aliphatic rings. The van der Waals surface area contributed by atoms with Gasteiger partial charge >= 0.3 is 0 Å². The van der Waals surface area contributed by atoms with Crippen LogP contribution in [0.1, 0.15) is 29.8 Å². The van der Waals surface area contributed by atoms with Crippen molar-refractivity contribution in [2.45, 2.75) is 25.6 Å². The smallest absolute Gasteiger partial charge is 0.254 e. The molecule has 1 fully saturated rings. The molecule has 38 heavy (non-hydrogen) atoms. The van der Waals surface area contributed by atoms with Gasteiger partial charge in [-0.25, -0.2) is 4.98 Å². The summed E-state index contributed by atoms with van der Waals surface area (Å²) in [6, 6.07) is 13.4. The summed E-state index contributed by atoms with van der Waals surface area (Å²) in [7, 11) is 4.91. The zero-order chi connectivity index (χ0) is 27.3. The Morgan fingerprint density at radius 1 is 1.13 bits per heavy atom. The van der Waals surface area contributed by atoms with Gasteiger partial charge in [-0.1, -0.05) is 12.1 Å². The van der Waals surface area contributed by atoms with Gasteiger partial charge in [0.05, 0.1) is 31.0 Å². The van der Waals surface area contributed by atoms with Gasteiger partial charge in [-0.05, 0) is 55.1 Å². The molecule has 0 aliphatic carbocycles. The summed E-state index contributed by atoms with van der Waals surface area (Å²) in [6.07, 6.45) is 5.23. The van der Waals surface area contributed by atoms with Gasteiger partial charge in [0.25, 0.3) is 5.91 Å². The molecule has 1 aliphatic heterocycles. The number of anilines is 2. The van der Waals surface area contributed by atoms with Crippen molar-refractivity contribution in [3.05, 3.63) is 66.0 Å². The van der Waals surface area contributed by atoms with Gasteiger partial charge in [0.2, 0.25) is 0 Å². The molecule has 2 aromatic carbocycles. The zero-order valence-corrected chi connectivity index (χ0v) is 22.5. The van der Waals surface area contributed by atoms with Crippen LogP contribution in [0.25, 0.3) is 16.3 Å². The van der Waals surface area contributed by atoms with Crippen LogP contribution in [0, 0.1) is 0 Å². The molecule has 0 unspecified atom stereocenters. The van der Waals surface area contributed by atoms with Crippen molar-refractivity contribution in [3.63, 3.8) is 0 Å². The number of hydrogen-bond donors (Lipinski definition) is 2. The standard InChI is InChI=1S/C29H35N5O4/c1-29(2,38-5)18-31-14-23(13-30)19-6-7-21-15-32-27(12-22(21)10-19)33-25-9-8-20(11-26(25)37-4)28(35)34-16-24(17-34)36-3/h6-15,24H,16-18,30H2,1-5H3,(H,32,33). The minimum atomic E-state index is -0.347. The maximum Gasteiger partial charge on any atom is 0.254 e. The predicted octanol–water partition coefficient (Wildman–Crippen LogP) is 4.25. The van der Waals surface area contributed by atoms with E-state index in [9.17, 15) is 4.79 Å². The van der Waals surface area contributed by atoms with Crippen LogP contribution in [-0.2, 0) is 9.47 Å². The first-order chi connectivity index (χ1) is 18.3. The van der Waals surface area contributed by atoms with E-state index in [0.29, 0.717) is 42.5 Å². The van der Waals surface area contributed by atoms with Gasteiger partial charge < -0.3 is 30.2 Å². The molecule has 3 aromatic rings. The molecular weight excluding hydrogens is 482 g/mol. The van der Waals surface area contributed by atoms with Crippen molar-refractivity contribution in [1.82, 2.24) is 9.88 Å². The van der Waals surface area contributed by atoms with Crippen LogP contribution in [-0.4, -0.2) is 74.7 Å². The lowest BCUT2D eigenvalue weighted by molar-refractivity contribution is -0.0192. The van der Waals surface area contributed by atoms with E-state index >= 15 is 0 Å². The summed E-state index contributed by atoms with van der Waals surface area (Å²) < 4.78 is 16.3. The van der Waals surface area contributed by atoms with E-state index in [4.69, 9.17) is 19.9 Å². The second-order valence-electron chi connectivity index (χ2n) is 9.79. The number of fused-ring (bicyclic) bond motifs is 1. The van der Waals surface area contributed by atoms with Crippen molar-refractivity contribution >= 4 is 40.0 Å². The molecule has 0 spiro atoms. The number of rotatable bonds is 10. The Bertz CT molecular complexity index is 1360. The summed E-state index contributed by atoms with van der Waals surface area (Å²) in [5.74, 6) is 1.16. The number of aromatic nitrogens is 1. The third-order valence-electron chi connectivity index (χ3n) is 6.67. The van der Waals surface area contributed by atoms with E-state index in [-0.39, 0.29) is 17.6 Å². The molecule has 0 bridgehead atoms. The Balaban J connectivity index is 1.52. The average Bonchev–Trinajstić information content (AvgIpc) is 2.90. The number of likely N-dealkylation sites (tertiary alicyclic amines) is 1. The molecule has 0 saturated carbocycles. The number of aliphatic imine (C=N–C) groups is 1. The molecule has 4 rings (SSSR count). The molecule has 0 atom stereocenters. The van der Waals surface area contributed by atoms with Crippen molar-refractivity contribution in [1.29, 1.82) is 0 Å². The highest BCUT2D eigenvalue weighted by atomic mass is 16.5. The van der Waals surface area contributed by atoms with E-state index in [0.717, 1.165) is 21.9 Å². The van der Waals surface area contributed by atoms with Crippen molar-refractivity contribution < 1.29 is 19.0 Å². The molecule has 1 saturated heterocycles. The van der Waals surface area contributed by atoms with Gasteiger partial charge in [-0.3, -0.25) is 9.79 Å². The van der Waals surface area contributed by atoms with Crippen LogP contribution in [0.4, 0.5) is 11.5 Å². The van der Waals surface area contributed by atoms with E-state index in [1.807, 2.05) is 50.4 Å². The number of methoxy groups -OCH3 is 3. The first-order valence-electron chi connectivity index (χ1n) is 12.4. The van der Waals surface area contributed by atoms with Gasteiger partial charge in [0, 0.05) is 62.4 Å². The third-order valence-corrected chi connectivity index (χ3v) is 6.67. The van der Waals surface area contributed by atoms with Crippen LogP contribution in [0.3, 0.4) is 0 Å². The van der Waals surface area contributed by atoms with Gasteiger partial charge in [0.1, 0.15) is 11.6 Å². The number of amides is 1. The molecule has 0 radical (unpaired) electrons. The lowest BCUT2D eigenvalue weighted by Gasteiger charge is -2.38. The van der Waals surface area contributed by atoms with E-state index in [1.165, 1.54) is 0 Å². The Morgan fingerprint density at radius 3 is 2.58 bits per heavy atom. The largest absolute Gasteiger partial charge is 0.495 e. The fourth-order valence-electron chi connectivity index (χ4n) is 4.03. The number of benzene rings is 2. The maximum atomic E-state index is 12.8. The molecule has 2 heterocycles. The Kier molecular flexibility index (Phi) is 8.29. The summed E-state index contributed by atoms with van der Waals surface area (Å²) in [4.78, 5) is 23.6. The number of carbonyl (C=O) groups excluding carboxylic acids is 1. The number of ether oxygens (including phenoxy) is 3. The fraction of sp³-hybridized carbons (Fsp3) is 0.345. The molecule has 9 nitrogen and oxygen atoms in total. The minimum absolute atomic E-state index is 0.0439. The first kappa shape index (κ1) is 27.1. The minimum Gasteiger partial charge on any atom is -0.495 e. The fourth-order valence-corrected chi connectivity index (χ4v) is 4.03. The number of nitrogens with zero attached hydrogens (tertiary/aromatic N) is 3. The molecule has 200 valence electrons. The zero-order valence-electron chi connectivity index (χ0n) is 22.5. The van der Waals surface area contributed by atoms with Crippen LogP contribution in [0.5, 0.6) is 5.75 Å². The van der Waals surface area contributed by atoms with E-state index in [2.05, 4.69) is 15.3 Å². The number of allylic oxidation sites excluding steroid dienone is 1. The lowest BCUT2D eigenvalue weighted by Crippen LogP contribution is -2.54. The van der Waals surface area contributed by atoms with Crippen molar-refractivity contribution in [2.24, 2.45) is 10.7 Å². The van der Waals surface area contributed by atoms with Crippen LogP contribution < -0.4 is 15.8 Å². The number of pyridine rings is 1. The number of nitrogens with one attached hydrogen (secondary N) is 1. The van der Waals surface area contributed by atoms with Crippen molar-refractivity contribution in [3.8, 4) is 5.75 Å². The van der Waals surface area contributed by atoms with Crippen LogP contribution in [0.15, 0.2) is 59.9 Å². The van der Waals surface area contributed by atoms with Crippen LogP contribution >= 0.6 is 0 Å².